The van der Waals surface area contributed by atoms with E-state index in [-0.39, 0.29) is 11.7 Å². The lowest BCUT2D eigenvalue weighted by atomic mass is 10.1. The number of hydrogen-bond acceptors (Lipinski definition) is 5. The lowest BCUT2D eigenvalue weighted by Gasteiger charge is -2.08. The van der Waals surface area contributed by atoms with Crippen molar-refractivity contribution >= 4 is 39.0 Å². The number of hydrogen-bond donors (Lipinski definition) is 2. The van der Waals surface area contributed by atoms with Crippen molar-refractivity contribution in [2.45, 2.75) is 6.18 Å². The Balaban J connectivity index is 1.36. The van der Waals surface area contributed by atoms with Gasteiger partial charge in [0.2, 0.25) is 0 Å². The van der Waals surface area contributed by atoms with Gasteiger partial charge >= 0.3 is 6.18 Å². The number of anilines is 2. The zero-order valence-electron chi connectivity index (χ0n) is 17.4. The maximum atomic E-state index is 13.0. The summed E-state index contributed by atoms with van der Waals surface area (Å²) in [7, 11) is 0. The van der Waals surface area contributed by atoms with Crippen LogP contribution in [0.2, 0.25) is 0 Å². The molecule has 0 unspecified atom stereocenters. The van der Waals surface area contributed by atoms with Crippen molar-refractivity contribution in [3.05, 3.63) is 89.4 Å². The summed E-state index contributed by atoms with van der Waals surface area (Å²) in [5, 5.41) is 7.21. The number of nitrogen functional groups attached to an aromatic ring is 1. The number of fused-ring (bicyclic) bond motifs is 1. The molecule has 0 atom stereocenters. The quantitative estimate of drug-likeness (QED) is 0.331. The number of nitrogens with one attached hydrogen (secondary N) is 1. The predicted molar refractivity (Wildman–Crippen MR) is 126 cm³/mol. The Bertz CT molecular complexity index is 1510. The van der Waals surface area contributed by atoms with Gasteiger partial charge in [-0.25, -0.2) is 9.67 Å². The lowest BCUT2D eigenvalue weighted by molar-refractivity contribution is -0.137. The highest BCUT2D eigenvalue weighted by atomic mass is 32.1. The number of aromatic nitrogens is 3. The molecule has 170 valence electrons. The van der Waals surface area contributed by atoms with E-state index >= 15 is 0 Å². The second-order valence-electron chi connectivity index (χ2n) is 7.48. The van der Waals surface area contributed by atoms with Crippen molar-refractivity contribution in [2.24, 2.45) is 0 Å². The molecular weight excluding hydrogens is 463 g/mol. The van der Waals surface area contributed by atoms with Crippen molar-refractivity contribution < 1.29 is 18.0 Å². The van der Waals surface area contributed by atoms with E-state index in [1.807, 2.05) is 12.1 Å². The maximum Gasteiger partial charge on any atom is 0.416 e. The average Bonchev–Trinajstić information content (AvgIpc) is 3.45. The first kappa shape index (κ1) is 21.7. The highest BCUT2D eigenvalue weighted by Crippen LogP contribution is 2.32. The van der Waals surface area contributed by atoms with Gasteiger partial charge in [0.1, 0.15) is 5.82 Å². The number of alkyl halides is 3. The van der Waals surface area contributed by atoms with Crippen molar-refractivity contribution in [1.29, 1.82) is 0 Å². The number of nitrogens with zero attached hydrogens (tertiary/aromatic N) is 3. The number of thiazole rings is 1. The van der Waals surface area contributed by atoms with Crippen LogP contribution in [0.1, 0.15) is 15.9 Å². The van der Waals surface area contributed by atoms with Crippen LogP contribution in [0.15, 0.2) is 78.3 Å². The fourth-order valence-corrected chi connectivity index (χ4v) is 4.20. The molecule has 0 aliphatic carbocycles. The molecule has 0 spiro atoms. The van der Waals surface area contributed by atoms with E-state index < -0.39 is 11.7 Å². The van der Waals surface area contributed by atoms with Crippen LogP contribution in [0.5, 0.6) is 0 Å². The Labute approximate surface area is 195 Å². The molecule has 0 saturated heterocycles. The van der Waals surface area contributed by atoms with Crippen molar-refractivity contribution in [2.75, 3.05) is 11.1 Å². The molecular formula is C24H16F3N5OS. The summed E-state index contributed by atoms with van der Waals surface area (Å²) in [6.07, 6.45) is -4.45. The fraction of sp³-hybridized carbons (Fsp3) is 0.0417. The number of halogens is 3. The van der Waals surface area contributed by atoms with Gasteiger partial charge in [0, 0.05) is 22.9 Å². The molecule has 1 amide bonds. The van der Waals surface area contributed by atoms with Gasteiger partial charge in [-0.3, -0.25) is 4.79 Å². The van der Waals surface area contributed by atoms with E-state index in [4.69, 9.17) is 5.73 Å². The van der Waals surface area contributed by atoms with E-state index in [2.05, 4.69) is 15.4 Å². The summed E-state index contributed by atoms with van der Waals surface area (Å²) in [4.78, 5) is 16.9. The van der Waals surface area contributed by atoms with Gasteiger partial charge in [-0.15, -0.1) is 11.3 Å². The maximum absolute atomic E-state index is 13.0. The van der Waals surface area contributed by atoms with Crippen molar-refractivity contribution in [3.8, 4) is 16.9 Å². The number of rotatable bonds is 4. The molecule has 2 heterocycles. The number of carbonyl (C=O) groups is 1. The summed E-state index contributed by atoms with van der Waals surface area (Å²) in [5.41, 5.74) is 10.2. The van der Waals surface area contributed by atoms with E-state index in [1.54, 1.807) is 41.9 Å². The van der Waals surface area contributed by atoms with Crippen LogP contribution >= 0.6 is 11.3 Å². The highest BCUT2D eigenvalue weighted by molar-refractivity contribution is 7.16. The Morgan fingerprint density at radius 1 is 1.00 bits per heavy atom. The largest absolute Gasteiger partial charge is 0.416 e. The number of nitrogens with two attached hydrogens (primary N) is 1. The SMILES string of the molecule is Nc1cc(-c2cccc(C(F)(F)F)c2)nn1-c1ccc(C(=O)Nc2ccc3ncsc3c2)cc1. The lowest BCUT2D eigenvalue weighted by Crippen LogP contribution is -2.12. The second-order valence-corrected chi connectivity index (χ2v) is 8.37. The van der Waals surface area contributed by atoms with E-state index in [9.17, 15) is 18.0 Å². The summed E-state index contributed by atoms with van der Waals surface area (Å²) >= 11 is 1.49. The zero-order valence-corrected chi connectivity index (χ0v) is 18.2. The Morgan fingerprint density at radius 2 is 1.79 bits per heavy atom. The smallest absolute Gasteiger partial charge is 0.384 e. The van der Waals surface area contributed by atoms with Crippen LogP contribution in [0.3, 0.4) is 0 Å². The number of amides is 1. The monoisotopic (exact) mass is 479 g/mol. The van der Waals surface area contributed by atoms with Crippen LogP contribution in [-0.2, 0) is 6.18 Å². The standard InChI is InChI=1S/C24H16F3N5OS/c25-24(26,27)16-3-1-2-15(10-16)20-12-22(28)32(31-20)18-7-4-14(5-8-18)23(33)30-17-6-9-19-21(11-17)34-13-29-19/h1-13H,28H2,(H,30,33). The van der Waals surface area contributed by atoms with Crippen molar-refractivity contribution in [3.63, 3.8) is 0 Å². The molecule has 5 rings (SSSR count). The summed E-state index contributed by atoms with van der Waals surface area (Å²) in [6.45, 7) is 0. The third kappa shape index (κ3) is 4.23. The van der Waals surface area contributed by atoms with E-state index in [0.717, 1.165) is 22.3 Å². The van der Waals surface area contributed by atoms with Gasteiger partial charge < -0.3 is 11.1 Å². The minimum absolute atomic E-state index is 0.252. The summed E-state index contributed by atoms with van der Waals surface area (Å²) < 4.78 is 41.5. The van der Waals surface area contributed by atoms with Gasteiger partial charge in [0.15, 0.2) is 0 Å². The van der Waals surface area contributed by atoms with Gasteiger partial charge in [-0.2, -0.15) is 18.3 Å². The second kappa shape index (κ2) is 8.31. The number of carbonyl (C=O) groups excluding carboxylic acids is 1. The van der Waals surface area contributed by atoms with Crippen LogP contribution < -0.4 is 11.1 Å². The first-order valence-electron chi connectivity index (χ1n) is 10.1. The van der Waals surface area contributed by atoms with Crippen LogP contribution in [0, 0.1) is 0 Å². The van der Waals surface area contributed by atoms with Gasteiger partial charge in [-0.05, 0) is 54.6 Å². The van der Waals surface area contributed by atoms with E-state index in [0.29, 0.717) is 28.2 Å². The molecule has 0 radical (unpaired) electrons. The van der Waals surface area contributed by atoms with Crippen LogP contribution in [0.4, 0.5) is 24.7 Å². The Hall–Kier alpha value is -4.18. The normalized spacial score (nSPS) is 11.6. The molecule has 3 N–H and O–H groups in total. The third-order valence-corrected chi connectivity index (χ3v) is 5.98. The molecule has 0 aliphatic heterocycles. The van der Waals surface area contributed by atoms with Crippen LogP contribution in [-0.4, -0.2) is 20.7 Å². The van der Waals surface area contributed by atoms with Crippen LogP contribution in [0.25, 0.3) is 27.2 Å². The molecule has 0 bridgehead atoms. The van der Waals surface area contributed by atoms with Gasteiger partial charge in [0.25, 0.3) is 5.91 Å². The molecule has 2 aromatic heterocycles. The Morgan fingerprint density at radius 3 is 2.56 bits per heavy atom. The Kier molecular flexibility index (Phi) is 5.29. The van der Waals surface area contributed by atoms with Crippen molar-refractivity contribution in [1.82, 2.24) is 14.8 Å². The highest BCUT2D eigenvalue weighted by Gasteiger charge is 2.30. The topological polar surface area (TPSA) is 85.8 Å². The van der Waals surface area contributed by atoms with Gasteiger partial charge in [0.05, 0.1) is 32.7 Å². The van der Waals surface area contributed by atoms with E-state index in [1.165, 1.54) is 28.2 Å². The molecule has 34 heavy (non-hydrogen) atoms. The fourth-order valence-electron chi connectivity index (χ4n) is 3.49. The summed E-state index contributed by atoms with van der Waals surface area (Å²) in [6, 6.07) is 18.5. The average molecular weight is 479 g/mol. The first-order chi connectivity index (χ1) is 16.3. The molecule has 0 saturated carbocycles. The summed E-state index contributed by atoms with van der Waals surface area (Å²) in [5.74, 6) is -0.0315. The molecule has 3 aromatic carbocycles. The minimum atomic E-state index is -4.45. The number of benzene rings is 3. The molecule has 6 nitrogen and oxygen atoms in total. The van der Waals surface area contributed by atoms with Gasteiger partial charge in [-0.1, -0.05) is 12.1 Å². The minimum Gasteiger partial charge on any atom is -0.384 e. The first-order valence-corrected chi connectivity index (χ1v) is 10.9. The zero-order chi connectivity index (χ0) is 23.9. The molecule has 0 fully saturated rings. The molecule has 10 heteroatoms. The third-order valence-electron chi connectivity index (χ3n) is 5.19. The predicted octanol–water partition coefficient (Wildman–Crippen LogP) is 6.00. The molecule has 0 aliphatic rings. The molecule has 5 aromatic rings.